The van der Waals surface area contributed by atoms with E-state index in [1.54, 1.807) is 16.9 Å². The van der Waals surface area contributed by atoms with Crippen LogP contribution >= 0.6 is 0 Å². The van der Waals surface area contributed by atoms with Crippen LogP contribution in [0, 0.1) is 5.92 Å². The van der Waals surface area contributed by atoms with Crippen molar-refractivity contribution in [2.45, 2.75) is 6.54 Å². The molecular weight excluding hydrogens is 208 g/mol. The van der Waals surface area contributed by atoms with Crippen LogP contribution in [0.25, 0.3) is 0 Å². The standard InChI is InChI=1S/C7H10N2O4S/c10-14(11,12)5-6-3-9-7(13-4-6)1-2-8-9/h1-2,6H,3-5H2,(H,10,11,12)/t6-/m0/s1. The van der Waals surface area contributed by atoms with Crippen LogP contribution in [0.2, 0.25) is 0 Å². The Morgan fingerprint density at radius 2 is 2.50 bits per heavy atom. The van der Waals surface area contributed by atoms with Gasteiger partial charge in [-0.15, -0.1) is 0 Å². The molecule has 0 unspecified atom stereocenters. The summed E-state index contributed by atoms with van der Waals surface area (Å²) in [6.45, 7) is 0.758. The van der Waals surface area contributed by atoms with Gasteiger partial charge in [0, 0.05) is 12.0 Å². The van der Waals surface area contributed by atoms with Gasteiger partial charge < -0.3 is 4.74 Å². The Morgan fingerprint density at radius 3 is 3.21 bits per heavy atom. The summed E-state index contributed by atoms with van der Waals surface area (Å²) in [7, 11) is -3.93. The molecule has 0 saturated carbocycles. The molecule has 1 atom stereocenters. The third-order valence-corrected chi connectivity index (χ3v) is 2.91. The molecule has 1 N–H and O–H groups in total. The molecule has 6 nitrogen and oxygen atoms in total. The monoisotopic (exact) mass is 218 g/mol. The van der Waals surface area contributed by atoms with Crippen LogP contribution in [0.5, 0.6) is 5.88 Å². The molecule has 1 aromatic rings. The zero-order valence-corrected chi connectivity index (χ0v) is 8.14. The average molecular weight is 218 g/mol. The zero-order chi connectivity index (χ0) is 10.2. The average Bonchev–Trinajstić information content (AvgIpc) is 2.47. The number of nitrogens with zero attached hydrogens (tertiary/aromatic N) is 2. The summed E-state index contributed by atoms with van der Waals surface area (Å²) in [6.07, 6.45) is 1.59. The van der Waals surface area contributed by atoms with E-state index in [9.17, 15) is 8.42 Å². The second-order valence-corrected chi connectivity index (χ2v) is 4.77. The molecule has 0 aromatic carbocycles. The summed E-state index contributed by atoms with van der Waals surface area (Å²) < 4.78 is 36.7. The zero-order valence-electron chi connectivity index (χ0n) is 7.33. The first-order chi connectivity index (χ1) is 6.54. The smallest absolute Gasteiger partial charge is 0.265 e. The first kappa shape index (κ1) is 9.47. The van der Waals surface area contributed by atoms with E-state index in [0.29, 0.717) is 19.0 Å². The minimum Gasteiger partial charge on any atom is -0.477 e. The van der Waals surface area contributed by atoms with E-state index in [1.165, 1.54) is 0 Å². The van der Waals surface area contributed by atoms with Gasteiger partial charge >= 0.3 is 0 Å². The van der Waals surface area contributed by atoms with Gasteiger partial charge in [-0.1, -0.05) is 0 Å². The van der Waals surface area contributed by atoms with E-state index in [0.717, 1.165) is 0 Å². The van der Waals surface area contributed by atoms with Crippen molar-refractivity contribution in [2.24, 2.45) is 5.92 Å². The number of hydrogen-bond acceptors (Lipinski definition) is 4. The van der Waals surface area contributed by atoms with Crippen molar-refractivity contribution in [3.8, 4) is 5.88 Å². The maximum atomic E-state index is 10.6. The van der Waals surface area contributed by atoms with Crippen LogP contribution in [0.1, 0.15) is 0 Å². The Morgan fingerprint density at radius 1 is 1.71 bits per heavy atom. The van der Waals surface area contributed by atoms with E-state index in [-0.39, 0.29) is 11.7 Å². The quantitative estimate of drug-likeness (QED) is 0.694. The van der Waals surface area contributed by atoms with Gasteiger partial charge in [-0.3, -0.25) is 4.55 Å². The first-order valence-corrected chi connectivity index (χ1v) is 5.75. The fourth-order valence-corrected chi connectivity index (χ4v) is 2.28. The van der Waals surface area contributed by atoms with Gasteiger partial charge in [0.25, 0.3) is 10.1 Å². The predicted octanol–water partition coefficient (Wildman–Crippen LogP) is -0.220. The fourth-order valence-electron chi connectivity index (χ4n) is 1.48. The molecule has 7 heteroatoms. The predicted molar refractivity (Wildman–Crippen MR) is 47.6 cm³/mol. The number of aromatic nitrogens is 2. The van der Waals surface area contributed by atoms with E-state index in [1.807, 2.05) is 0 Å². The van der Waals surface area contributed by atoms with Gasteiger partial charge in [0.15, 0.2) is 0 Å². The lowest BCUT2D eigenvalue weighted by atomic mass is 10.2. The third kappa shape index (κ3) is 2.05. The van der Waals surface area contributed by atoms with Crippen molar-refractivity contribution in [1.29, 1.82) is 0 Å². The van der Waals surface area contributed by atoms with Crippen molar-refractivity contribution < 1.29 is 17.7 Å². The van der Waals surface area contributed by atoms with Crippen LogP contribution in [-0.4, -0.2) is 35.1 Å². The molecule has 0 radical (unpaired) electrons. The van der Waals surface area contributed by atoms with Gasteiger partial charge in [-0.25, -0.2) is 4.68 Å². The van der Waals surface area contributed by atoms with Crippen LogP contribution < -0.4 is 4.74 Å². The van der Waals surface area contributed by atoms with Crippen LogP contribution in [0.3, 0.4) is 0 Å². The van der Waals surface area contributed by atoms with Crippen molar-refractivity contribution in [2.75, 3.05) is 12.4 Å². The number of fused-ring (bicyclic) bond motifs is 1. The lowest BCUT2D eigenvalue weighted by Crippen LogP contribution is -2.31. The van der Waals surface area contributed by atoms with Crippen molar-refractivity contribution >= 4 is 10.1 Å². The van der Waals surface area contributed by atoms with Crippen LogP contribution in [0.15, 0.2) is 12.3 Å². The lowest BCUT2D eigenvalue weighted by Gasteiger charge is -2.22. The van der Waals surface area contributed by atoms with Gasteiger partial charge in [0.05, 0.1) is 25.1 Å². The highest BCUT2D eigenvalue weighted by atomic mass is 32.2. The normalized spacial score (nSPS) is 21.4. The molecule has 0 bridgehead atoms. The molecular formula is C7H10N2O4S. The highest BCUT2D eigenvalue weighted by molar-refractivity contribution is 7.85. The summed E-state index contributed by atoms with van der Waals surface area (Å²) >= 11 is 0. The molecule has 0 amide bonds. The van der Waals surface area contributed by atoms with E-state index >= 15 is 0 Å². The molecule has 2 heterocycles. The van der Waals surface area contributed by atoms with Gasteiger partial charge in [0.2, 0.25) is 5.88 Å². The fraction of sp³-hybridized carbons (Fsp3) is 0.571. The summed E-state index contributed by atoms with van der Waals surface area (Å²) in [5, 5.41) is 3.95. The van der Waals surface area contributed by atoms with E-state index < -0.39 is 10.1 Å². The number of hydrogen-bond donors (Lipinski definition) is 1. The molecule has 0 saturated heterocycles. The minimum absolute atomic E-state index is 0.239. The topological polar surface area (TPSA) is 81.4 Å². The highest BCUT2D eigenvalue weighted by Crippen LogP contribution is 2.19. The Kier molecular flexibility index (Phi) is 2.20. The second kappa shape index (κ2) is 3.25. The molecule has 2 rings (SSSR count). The summed E-state index contributed by atoms with van der Waals surface area (Å²) in [5.74, 6) is 0.112. The molecule has 0 fully saturated rings. The van der Waals surface area contributed by atoms with Crippen molar-refractivity contribution in [3.63, 3.8) is 0 Å². The first-order valence-electron chi connectivity index (χ1n) is 4.14. The SMILES string of the molecule is O=S(=O)(O)C[C@@H]1COc2ccnn2C1. The van der Waals surface area contributed by atoms with E-state index in [2.05, 4.69) is 5.10 Å². The molecule has 0 aliphatic carbocycles. The van der Waals surface area contributed by atoms with Gasteiger partial charge in [-0.05, 0) is 0 Å². The summed E-state index contributed by atoms with van der Waals surface area (Å²) in [4.78, 5) is 0. The molecule has 1 aromatic heterocycles. The van der Waals surface area contributed by atoms with Gasteiger partial charge in [0.1, 0.15) is 0 Å². The third-order valence-electron chi connectivity index (χ3n) is 2.02. The van der Waals surface area contributed by atoms with Crippen molar-refractivity contribution in [1.82, 2.24) is 9.78 Å². The van der Waals surface area contributed by atoms with Gasteiger partial charge in [-0.2, -0.15) is 13.5 Å². The molecule has 78 valence electrons. The Bertz CT molecular complexity index is 425. The highest BCUT2D eigenvalue weighted by Gasteiger charge is 2.24. The number of ether oxygens (including phenoxy) is 1. The molecule has 14 heavy (non-hydrogen) atoms. The van der Waals surface area contributed by atoms with Crippen LogP contribution in [-0.2, 0) is 16.7 Å². The Balaban J connectivity index is 2.08. The second-order valence-electron chi connectivity index (χ2n) is 3.28. The maximum Gasteiger partial charge on any atom is 0.265 e. The molecule has 0 spiro atoms. The maximum absolute atomic E-state index is 10.6. The summed E-state index contributed by atoms with van der Waals surface area (Å²) in [6, 6.07) is 1.71. The van der Waals surface area contributed by atoms with Crippen LogP contribution in [0.4, 0.5) is 0 Å². The molecule has 1 aliphatic heterocycles. The minimum atomic E-state index is -3.93. The Hall–Kier alpha value is -1.08. The lowest BCUT2D eigenvalue weighted by molar-refractivity contribution is 0.175. The largest absolute Gasteiger partial charge is 0.477 e. The summed E-state index contributed by atoms with van der Waals surface area (Å²) in [5.41, 5.74) is 0. The van der Waals surface area contributed by atoms with Crippen molar-refractivity contribution in [3.05, 3.63) is 12.3 Å². The van der Waals surface area contributed by atoms with E-state index in [4.69, 9.17) is 9.29 Å². The number of rotatable bonds is 2. The molecule has 1 aliphatic rings. The Labute approximate surface area is 81.2 Å².